The van der Waals surface area contributed by atoms with Crippen molar-refractivity contribution in [3.8, 4) is 0 Å². The molecule has 0 aromatic heterocycles. The van der Waals surface area contributed by atoms with E-state index in [0.717, 1.165) is 18.5 Å². The van der Waals surface area contributed by atoms with E-state index in [-0.39, 0.29) is 0 Å². The Bertz CT molecular complexity index is 146. The third kappa shape index (κ3) is 4.12. The molecular formula is C12H25N. The normalized spacial score (nSPS) is 30.5. The minimum atomic E-state index is 0.428. The summed E-state index contributed by atoms with van der Waals surface area (Å²) in [6, 6.07) is 0.785. The Kier molecular flexibility index (Phi) is 3.78. The lowest BCUT2D eigenvalue weighted by atomic mass is 9.85. The standard InChI is InChI=1S/C12H25N/c1-10-7-5-6-8-11(10)13-9-12(2,3)4/h10-11,13H,5-9H2,1-4H3/t10-,11-/m0/s1. The summed E-state index contributed by atoms with van der Waals surface area (Å²) in [5.74, 6) is 0.885. The lowest BCUT2D eigenvalue weighted by molar-refractivity contribution is 0.249. The van der Waals surface area contributed by atoms with Crippen molar-refractivity contribution < 1.29 is 0 Å². The van der Waals surface area contributed by atoms with Gasteiger partial charge in [0.2, 0.25) is 0 Å². The van der Waals surface area contributed by atoms with Crippen LogP contribution >= 0.6 is 0 Å². The highest BCUT2D eigenvalue weighted by Crippen LogP contribution is 2.24. The smallest absolute Gasteiger partial charge is 0.00929 e. The second-order valence-electron chi connectivity index (χ2n) is 5.81. The van der Waals surface area contributed by atoms with Gasteiger partial charge in [0.25, 0.3) is 0 Å². The van der Waals surface area contributed by atoms with E-state index >= 15 is 0 Å². The van der Waals surface area contributed by atoms with Crippen LogP contribution in [0.2, 0.25) is 0 Å². The number of rotatable bonds is 2. The van der Waals surface area contributed by atoms with Crippen LogP contribution in [0.15, 0.2) is 0 Å². The average molecular weight is 183 g/mol. The summed E-state index contributed by atoms with van der Waals surface area (Å²) >= 11 is 0. The van der Waals surface area contributed by atoms with Gasteiger partial charge in [-0.05, 0) is 24.2 Å². The predicted molar refractivity (Wildman–Crippen MR) is 58.9 cm³/mol. The maximum atomic E-state index is 3.71. The quantitative estimate of drug-likeness (QED) is 0.693. The lowest BCUT2D eigenvalue weighted by Gasteiger charge is -2.32. The minimum Gasteiger partial charge on any atom is -0.313 e. The van der Waals surface area contributed by atoms with Gasteiger partial charge in [-0.25, -0.2) is 0 Å². The third-order valence-electron chi connectivity index (χ3n) is 3.01. The first-order valence-electron chi connectivity index (χ1n) is 5.72. The fourth-order valence-corrected chi connectivity index (χ4v) is 2.06. The van der Waals surface area contributed by atoms with Gasteiger partial charge in [0.15, 0.2) is 0 Å². The summed E-state index contributed by atoms with van der Waals surface area (Å²) in [5.41, 5.74) is 0.428. The Hall–Kier alpha value is -0.0400. The first kappa shape index (κ1) is 11.0. The van der Waals surface area contributed by atoms with Crippen molar-refractivity contribution in [2.75, 3.05) is 6.54 Å². The van der Waals surface area contributed by atoms with Crippen LogP contribution in [0.1, 0.15) is 53.4 Å². The molecule has 0 radical (unpaired) electrons. The molecule has 1 fully saturated rings. The summed E-state index contributed by atoms with van der Waals surface area (Å²) in [6.45, 7) is 10.4. The van der Waals surface area contributed by atoms with Gasteiger partial charge in [0, 0.05) is 12.6 Å². The second-order valence-corrected chi connectivity index (χ2v) is 5.81. The molecular weight excluding hydrogens is 158 g/mol. The van der Waals surface area contributed by atoms with Crippen molar-refractivity contribution in [3.05, 3.63) is 0 Å². The van der Waals surface area contributed by atoms with Crippen LogP contribution < -0.4 is 5.32 Å². The van der Waals surface area contributed by atoms with Gasteiger partial charge in [0.05, 0.1) is 0 Å². The zero-order valence-corrected chi connectivity index (χ0v) is 9.69. The molecule has 0 bridgehead atoms. The van der Waals surface area contributed by atoms with Crippen molar-refractivity contribution in [2.24, 2.45) is 11.3 Å². The van der Waals surface area contributed by atoms with Gasteiger partial charge in [-0.3, -0.25) is 0 Å². The topological polar surface area (TPSA) is 12.0 Å². The summed E-state index contributed by atoms with van der Waals surface area (Å²) in [4.78, 5) is 0. The number of nitrogens with one attached hydrogen (secondary N) is 1. The molecule has 0 aliphatic heterocycles. The van der Waals surface area contributed by atoms with Crippen LogP contribution in [0.3, 0.4) is 0 Å². The monoisotopic (exact) mass is 183 g/mol. The molecule has 0 saturated heterocycles. The van der Waals surface area contributed by atoms with E-state index in [4.69, 9.17) is 0 Å². The van der Waals surface area contributed by atoms with Crippen molar-refractivity contribution in [3.63, 3.8) is 0 Å². The highest BCUT2D eigenvalue weighted by atomic mass is 14.9. The first-order valence-corrected chi connectivity index (χ1v) is 5.72. The second kappa shape index (κ2) is 4.45. The molecule has 0 spiro atoms. The Balaban J connectivity index is 2.27. The molecule has 0 unspecified atom stereocenters. The molecule has 1 heteroatoms. The Morgan fingerprint density at radius 1 is 1.15 bits per heavy atom. The maximum absolute atomic E-state index is 3.71. The molecule has 1 rings (SSSR count). The summed E-state index contributed by atoms with van der Waals surface area (Å²) in [7, 11) is 0. The van der Waals surface area contributed by atoms with Gasteiger partial charge >= 0.3 is 0 Å². The van der Waals surface area contributed by atoms with Gasteiger partial charge in [-0.2, -0.15) is 0 Å². The molecule has 78 valence electrons. The SMILES string of the molecule is C[C@H]1CCCC[C@@H]1NCC(C)(C)C. The summed E-state index contributed by atoms with van der Waals surface area (Å²) in [6.07, 6.45) is 5.67. The first-order chi connectivity index (χ1) is 5.99. The lowest BCUT2D eigenvalue weighted by Crippen LogP contribution is -2.41. The van der Waals surface area contributed by atoms with Crippen molar-refractivity contribution in [1.82, 2.24) is 5.32 Å². The molecule has 13 heavy (non-hydrogen) atoms. The van der Waals surface area contributed by atoms with Crippen LogP contribution in [-0.2, 0) is 0 Å². The van der Waals surface area contributed by atoms with E-state index in [1.54, 1.807) is 0 Å². The van der Waals surface area contributed by atoms with Crippen molar-refractivity contribution in [2.45, 2.75) is 59.4 Å². The number of hydrogen-bond acceptors (Lipinski definition) is 1. The number of hydrogen-bond donors (Lipinski definition) is 1. The zero-order valence-electron chi connectivity index (χ0n) is 9.69. The van der Waals surface area contributed by atoms with Crippen LogP contribution in [0, 0.1) is 11.3 Å². The highest BCUT2D eigenvalue weighted by Gasteiger charge is 2.22. The molecule has 1 aliphatic carbocycles. The molecule has 0 aromatic rings. The molecule has 1 N–H and O–H groups in total. The van der Waals surface area contributed by atoms with Crippen molar-refractivity contribution in [1.29, 1.82) is 0 Å². The van der Waals surface area contributed by atoms with E-state index in [0.29, 0.717) is 5.41 Å². The van der Waals surface area contributed by atoms with E-state index in [2.05, 4.69) is 33.0 Å². The molecule has 1 saturated carbocycles. The molecule has 0 aromatic carbocycles. The Morgan fingerprint density at radius 2 is 1.77 bits per heavy atom. The molecule has 0 heterocycles. The van der Waals surface area contributed by atoms with Crippen LogP contribution in [0.4, 0.5) is 0 Å². The van der Waals surface area contributed by atoms with Crippen molar-refractivity contribution >= 4 is 0 Å². The highest BCUT2D eigenvalue weighted by molar-refractivity contribution is 4.79. The third-order valence-corrected chi connectivity index (χ3v) is 3.01. The molecule has 1 nitrogen and oxygen atoms in total. The minimum absolute atomic E-state index is 0.428. The van der Waals surface area contributed by atoms with Crippen LogP contribution in [0.5, 0.6) is 0 Å². The van der Waals surface area contributed by atoms with E-state index in [9.17, 15) is 0 Å². The fourth-order valence-electron chi connectivity index (χ4n) is 2.06. The Morgan fingerprint density at radius 3 is 2.31 bits per heavy atom. The zero-order chi connectivity index (χ0) is 9.90. The van der Waals surface area contributed by atoms with Crippen LogP contribution in [0.25, 0.3) is 0 Å². The molecule has 0 amide bonds. The molecule has 1 aliphatic rings. The van der Waals surface area contributed by atoms with Crippen LogP contribution in [-0.4, -0.2) is 12.6 Å². The Labute approximate surface area is 83.3 Å². The molecule has 2 atom stereocenters. The average Bonchev–Trinajstić information content (AvgIpc) is 2.01. The predicted octanol–water partition coefficient (Wildman–Crippen LogP) is 3.20. The summed E-state index contributed by atoms with van der Waals surface area (Å²) < 4.78 is 0. The summed E-state index contributed by atoms with van der Waals surface area (Å²) in [5, 5.41) is 3.71. The van der Waals surface area contributed by atoms with Gasteiger partial charge < -0.3 is 5.32 Å². The van der Waals surface area contributed by atoms with E-state index < -0.39 is 0 Å². The largest absolute Gasteiger partial charge is 0.313 e. The van der Waals surface area contributed by atoms with E-state index in [1.807, 2.05) is 0 Å². The fraction of sp³-hybridized carbons (Fsp3) is 1.00. The van der Waals surface area contributed by atoms with Gasteiger partial charge in [-0.1, -0.05) is 40.5 Å². The van der Waals surface area contributed by atoms with Gasteiger partial charge in [0.1, 0.15) is 0 Å². The maximum Gasteiger partial charge on any atom is 0.00929 e. The van der Waals surface area contributed by atoms with E-state index in [1.165, 1.54) is 25.7 Å². The van der Waals surface area contributed by atoms with Gasteiger partial charge in [-0.15, -0.1) is 0 Å².